The van der Waals surface area contributed by atoms with E-state index in [-0.39, 0.29) is 11.5 Å². The van der Waals surface area contributed by atoms with Crippen LogP contribution < -0.4 is 0 Å². The highest BCUT2D eigenvalue weighted by atomic mass is 16.6. The fourth-order valence-electron chi connectivity index (χ4n) is 1.95. The van der Waals surface area contributed by atoms with Crippen molar-refractivity contribution in [2.75, 3.05) is 13.6 Å². The molecule has 1 aliphatic carbocycles. The molecule has 1 fully saturated rings. The fourth-order valence-corrected chi connectivity index (χ4v) is 1.95. The number of carbonyl (C=O) groups is 2. The lowest BCUT2D eigenvalue weighted by Gasteiger charge is -2.38. The van der Waals surface area contributed by atoms with Gasteiger partial charge in [-0.15, -0.1) is 0 Å². The summed E-state index contributed by atoms with van der Waals surface area (Å²) < 4.78 is 5.26. The third-order valence-electron chi connectivity index (χ3n) is 3.00. The Morgan fingerprint density at radius 3 is 2.35 bits per heavy atom. The van der Waals surface area contributed by atoms with E-state index in [4.69, 9.17) is 4.74 Å². The zero-order valence-corrected chi connectivity index (χ0v) is 11.5. The first-order valence-electron chi connectivity index (χ1n) is 6.07. The van der Waals surface area contributed by atoms with Gasteiger partial charge < -0.3 is 9.64 Å². The average Bonchev–Trinajstić information content (AvgIpc) is 2.09. The highest BCUT2D eigenvalue weighted by Gasteiger charge is 2.39. The number of ketones is 1. The Hall–Kier alpha value is -1.06. The highest BCUT2D eigenvalue weighted by molar-refractivity contribution is 5.85. The Kier molecular flexibility index (Phi) is 3.84. The SMILES string of the molecule is CN(CCC1(C)CC(=O)C1)C(=O)OC(C)(C)C. The Morgan fingerprint density at radius 1 is 1.41 bits per heavy atom. The smallest absolute Gasteiger partial charge is 0.410 e. The summed E-state index contributed by atoms with van der Waals surface area (Å²) in [4.78, 5) is 24.2. The van der Waals surface area contributed by atoms with Crippen molar-refractivity contribution in [1.29, 1.82) is 0 Å². The van der Waals surface area contributed by atoms with E-state index in [1.807, 2.05) is 20.8 Å². The predicted molar refractivity (Wildman–Crippen MR) is 65.8 cm³/mol. The lowest BCUT2D eigenvalue weighted by Crippen LogP contribution is -2.40. The molecule has 4 heteroatoms. The molecule has 0 aromatic carbocycles. The van der Waals surface area contributed by atoms with Crippen molar-refractivity contribution >= 4 is 11.9 Å². The molecule has 0 N–H and O–H groups in total. The number of Topliss-reactive ketones (excluding diaryl/α,β-unsaturated/α-hetero) is 1. The van der Waals surface area contributed by atoms with E-state index in [0.717, 1.165) is 6.42 Å². The highest BCUT2D eigenvalue weighted by Crippen LogP contribution is 2.40. The minimum absolute atomic E-state index is 0.0906. The minimum atomic E-state index is -0.457. The molecule has 0 heterocycles. The van der Waals surface area contributed by atoms with Crippen LogP contribution in [-0.2, 0) is 9.53 Å². The quantitative estimate of drug-likeness (QED) is 0.763. The van der Waals surface area contributed by atoms with Crippen LogP contribution in [0.4, 0.5) is 4.79 Å². The monoisotopic (exact) mass is 241 g/mol. The number of ether oxygens (including phenoxy) is 1. The normalized spacial score (nSPS) is 18.5. The number of carbonyl (C=O) groups excluding carboxylic acids is 2. The number of nitrogens with zero attached hydrogens (tertiary/aromatic N) is 1. The predicted octanol–water partition coefficient (Wildman–Crippen LogP) is 2.61. The van der Waals surface area contributed by atoms with Crippen LogP contribution in [0.5, 0.6) is 0 Å². The molecule has 0 saturated heterocycles. The summed E-state index contributed by atoms with van der Waals surface area (Å²) in [5, 5.41) is 0. The third kappa shape index (κ3) is 4.36. The van der Waals surface area contributed by atoms with Gasteiger partial charge in [0.1, 0.15) is 11.4 Å². The first-order valence-corrected chi connectivity index (χ1v) is 6.07. The molecule has 1 rings (SSSR count). The molecule has 0 aromatic heterocycles. The molecule has 0 aliphatic heterocycles. The van der Waals surface area contributed by atoms with E-state index < -0.39 is 5.60 Å². The van der Waals surface area contributed by atoms with Crippen LogP contribution in [0, 0.1) is 5.41 Å². The molecule has 0 unspecified atom stereocenters. The number of rotatable bonds is 3. The number of amides is 1. The van der Waals surface area contributed by atoms with E-state index in [1.165, 1.54) is 0 Å². The van der Waals surface area contributed by atoms with Gasteiger partial charge in [0.2, 0.25) is 0 Å². The second kappa shape index (κ2) is 4.67. The minimum Gasteiger partial charge on any atom is -0.444 e. The number of hydrogen-bond donors (Lipinski definition) is 0. The van der Waals surface area contributed by atoms with E-state index in [9.17, 15) is 9.59 Å². The van der Waals surface area contributed by atoms with Crippen molar-refractivity contribution in [2.45, 2.75) is 52.6 Å². The molecule has 0 aromatic rings. The molecule has 98 valence electrons. The zero-order chi connectivity index (χ0) is 13.3. The zero-order valence-electron chi connectivity index (χ0n) is 11.5. The van der Waals surface area contributed by atoms with Crippen LogP contribution >= 0.6 is 0 Å². The lowest BCUT2D eigenvalue weighted by molar-refractivity contribution is -0.132. The molecule has 0 atom stereocenters. The molecule has 4 nitrogen and oxygen atoms in total. The summed E-state index contributed by atoms with van der Waals surface area (Å²) in [6.45, 7) is 8.29. The fraction of sp³-hybridized carbons (Fsp3) is 0.846. The summed E-state index contributed by atoms with van der Waals surface area (Å²) in [6.07, 6.45) is 1.85. The molecule has 1 saturated carbocycles. The van der Waals surface area contributed by atoms with Crippen LogP contribution in [0.15, 0.2) is 0 Å². The summed E-state index contributed by atoms with van der Waals surface area (Å²) in [5.41, 5.74) is -0.366. The van der Waals surface area contributed by atoms with Crippen molar-refractivity contribution in [1.82, 2.24) is 4.90 Å². The van der Waals surface area contributed by atoms with E-state index in [2.05, 4.69) is 6.92 Å². The van der Waals surface area contributed by atoms with Gasteiger partial charge in [-0.2, -0.15) is 0 Å². The molecular weight excluding hydrogens is 218 g/mol. The van der Waals surface area contributed by atoms with Gasteiger partial charge >= 0.3 is 6.09 Å². The van der Waals surface area contributed by atoms with Gasteiger partial charge in [0.05, 0.1) is 0 Å². The van der Waals surface area contributed by atoms with Gasteiger partial charge in [-0.25, -0.2) is 4.79 Å². The maximum atomic E-state index is 11.7. The van der Waals surface area contributed by atoms with Gasteiger partial charge in [-0.3, -0.25) is 4.79 Å². The van der Waals surface area contributed by atoms with Gasteiger partial charge in [0.15, 0.2) is 0 Å². The average molecular weight is 241 g/mol. The topological polar surface area (TPSA) is 46.6 Å². The van der Waals surface area contributed by atoms with Crippen molar-refractivity contribution in [2.24, 2.45) is 5.41 Å². The molecule has 1 aliphatic rings. The summed E-state index contributed by atoms with van der Waals surface area (Å²) in [6, 6.07) is 0. The van der Waals surface area contributed by atoms with Gasteiger partial charge in [0.25, 0.3) is 0 Å². The molecule has 0 spiro atoms. The second-order valence-electron chi connectivity index (χ2n) is 6.35. The maximum Gasteiger partial charge on any atom is 0.410 e. The van der Waals surface area contributed by atoms with Crippen LogP contribution in [0.2, 0.25) is 0 Å². The molecule has 0 radical (unpaired) electrons. The van der Waals surface area contributed by atoms with Gasteiger partial charge in [-0.1, -0.05) is 6.92 Å². The molecule has 1 amide bonds. The summed E-state index contributed by atoms with van der Waals surface area (Å²) in [7, 11) is 1.73. The van der Waals surface area contributed by atoms with Crippen molar-refractivity contribution < 1.29 is 14.3 Å². The van der Waals surface area contributed by atoms with Crippen LogP contribution in [0.25, 0.3) is 0 Å². The molecule has 0 bridgehead atoms. The largest absolute Gasteiger partial charge is 0.444 e. The van der Waals surface area contributed by atoms with E-state index in [0.29, 0.717) is 25.2 Å². The number of hydrogen-bond acceptors (Lipinski definition) is 3. The van der Waals surface area contributed by atoms with Crippen LogP contribution in [-0.4, -0.2) is 36.0 Å². The summed E-state index contributed by atoms with van der Waals surface area (Å²) >= 11 is 0. The molecule has 17 heavy (non-hydrogen) atoms. The van der Waals surface area contributed by atoms with E-state index >= 15 is 0 Å². The summed E-state index contributed by atoms with van der Waals surface area (Å²) in [5.74, 6) is 0.326. The van der Waals surface area contributed by atoms with Crippen molar-refractivity contribution in [3.63, 3.8) is 0 Å². The molecular formula is C13H23NO3. The van der Waals surface area contributed by atoms with Crippen LogP contribution in [0.3, 0.4) is 0 Å². The second-order valence-corrected chi connectivity index (χ2v) is 6.35. The third-order valence-corrected chi connectivity index (χ3v) is 3.00. The van der Waals surface area contributed by atoms with Gasteiger partial charge in [-0.05, 0) is 32.6 Å². The maximum absolute atomic E-state index is 11.7. The van der Waals surface area contributed by atoms with Crippen molar-refractivity contribution in [3.8, 4) is 0 Å². The van der Waals surface area contributed by atoms with Crippen molar-refractivity contribution in [3.05, 3.63) is 0 Å². The van der Waals surface area contributed by atoms with E-state index in [1.54, 1.807) is 11.9 Å². The Balaban J connectivity index is 2.32. The Bertz CT molecular complexity index is 309. The standard InChI is InChI=1S/C13H23NO3/c1-12(2,3)17-11(16)14(5)7-6-13(4)8-10(15)9-13/h6-9H2,1-5H3. The van der Waals surface area contributed by atoms with Crippen LogP contribution in [0.1, 0.15) is 47.0 Å². The Morgan fingerprint density at radius 2 is 1.94 bits per heavy atom. The van der Waals surface area contributed by atoms with Gasteiger partial charge in [0, 0.05) is 26.4 Å². The lowest BCUT2D eigenvalue weighted by atomic mass is 9.67. The Labute approximate surface area is 103 Å². The first-order chi connectivity index (χ1) is 7.61. The first kappa shape index (κ1) is 14.0.